The first-order valence-electron chi connectivity index (χ1n) is 11.1. The summed E-state index contributed by atoms with van der Waals surface area (Å²) in [7, 11) is -8.78. The SMILES string of the molecule is C=C(C)C(=O)OCCCCCC[N+](C)(C)CCCCCC.O=S(=O)([N-]S(=O)(=O)C(F)(F)F)C(F)(F)F. The van der Waals surface area contributed by atoms with E-state index in [1.54, 1.807) is 6.92 Å². The zero-order chi connectivity index (χ0) is 28.8. The summed E-state index contributed by atoms with van der Waals surface area (Å²) in [6, 6.07) is 0. The third-order valence-corrected chi connectivity index (χ3v) is 7.38. The van der Waals surface area contributed by atoms with Crippen molar-refractivity contribution in [3.05, 3.63) is 16.3 Å². The number of carbonyl (C=O) groups is 1. The second kappa shape index (κ2) is 15.8. The summed E-state index contributed by atoms with van der Waals surface area (Å²) in [6.45, 7) is 10.6. The van der Waals surface area contributed by atoms with Crippen molar-refractivity contribution in [1.82, 2.24) is 0 Å². The Labute approximate surface area is 209 Å². The number of alkyl halides is 6. The number of rotatable bonds is 15. The lowest BCUT2D eigenvalue weighted by Crippen LogP contribution is -2.41. The molecule has 8 nitrogen and oxygen atoms in total. The van der Waals surface area contributed by atoms with Gasteiger partial charge in [0.1, 0.15) is 0 Å². The van der Waals surface area contributed by atoms with E-state index in [-0.39, 0.29) is 5.97 Å². The molecule has 0 aliphatic carbocycles. The lowest BCUT2D eigenvalue weighted by Gasteiger charge is -2.30. The maximum atomic E-state index is 11.4. The zero-order valence-corrected chi connectivity index (χ0v) is 22.5. The molecule has 16 heteroatoms. The molecule has 0 N–H and O–H groups in total. The Balaban J connectivity index is 0. The fourth-order valence-electron chi connectivity index (χ4n) is 2.58. The van der Waals surface area contributed by atoms with Gasteiger partial charge in [-0.1, -0.05) is 26.3 Å². The molecular formula is C20H36F6N2O6S2. The second-order valence-electron chi connectivity index (χ2n) is 8.69. The Hall–Kier alpha value is -1.39. The molecule has 0 radical (unpaired) electrons. The minimum absolute atomic E-state index is 0.264. The molecule has 36 heavy (non-hydrogen) atoms. The number of ether oxygens (including phenoxy) is 1. The molecule has 0 aromatic carbocycles. The lowest BCUT2D eigenvalue weighted by atomic mass is 10.1. The first kappa shape index (κ1) is 36.8. The highest BCUT2D eigenvalue weighted by molar-refractivity contribution is 8.13. The second-order valence-corrected chi connectivity index (χ2v) is 12.1. The highest BCUT2D eigenvalue weighted by Crippen LogP contribution is 2.36. The number of unbranched alkanes of at least 4 members (excludes halogenated alkanes) is 6. The van der Waals surface area contributed by atoms with Crippen LogP contribution in [0.15, 0.2) is 12.2 Å². The normalized spacial score (nSPS) is 13.1. The number of hydrogen-bond donors (Lipinski definition) is 0. The fourth-order valence-corrected chi connectivity index (χ4v) is 4.29. The Morgan fingerprint density at radius 2 is 1.19 bits per heavy atom. The Kier molecular flexibility index (Phi) is 16.1. The minimum Gasteiger partial charge on any atom is -0.462 e. The van der Waals surface area contributed by atoms with Crippen molar-refractivity contribution in [3.8, 4) is 0 Å². The summed E-state index contributed by atoms with van der Waals surface area (Å²) < 4.78 is 115. The van der Waals surface area contributed by atoms with E-state index in [1.165, 1.54) is 51.6 Å². The number of hydrogen-bond acceptors (Lipinski definition) is 6. The van der Waals surface area contributed by atoms with Crippen LogP contribution in [0.2, 0.25) is 0 Å². The van der Waals surface area contributed by atoms with E-state index in [1.807, 2.05) is 0 Å². The molecule has 0 aromatic rings. The van der Waals surface area contributed by atoms with Crippen LogP contribution in [0.1, 0.15) is 65.2 Å². The summed E-state index contributed by atoms with van der Waals surface area (Å²) in [5.41, 5.74) is -11.9. The largest absolute Gasteiger partial charge is 0.480 e. The van der Waals surface area contributed by atoms with E-state index >= 15 is 0 Å². The van der Waals surface area contributed by atoms with Crippen molar-refractivity contribution >= 4 is 26.0 Å². The monoisotopic (exact) mass is 578 g/mol. The van der Waals surface area contributed by atoms with Gasteiger partial charge in [0.15, 0.2) is 20.0 Å². The van der Waals surface area contributed by atoms with Crippen LogP contribution in [-0.4, -0.2) is 72.1 Å². The molecule has 0 saturated carbocycles. The molecular weight excluding hydrogens is 542 g/mol. The Bertz CT molecular complexity index is 843. The number of esters is 1. The van der Waals surface area contributed by atoms with Crippen LogP contribution in [-0.2, 0) is 29.6 Å². The van der Waals surface area contributed by atoms with Gasteiger partial charge in [-0.3, -0.25) is 0 Å². The summed E-state index contributed by atoms with van der Waals surface area (Å²) in [5.74, 6) is -0.264. The van der Waals surface area contributed by atoms with Crippen LogP contribution >= 0.6 is 0 Å². The van der Waals surface area contributed by atoms with Crippen molar-refractivity contribution in [3.63, 3.8) is 0 Å². The first-order chi connectivity index (χ1) is 16.1. The third-order valence-electron chi connectivity index (χ3n) is 4.64. The quantitative estimate of drug-likeness (QED) is 0.0849. The number of quaternary nitrogens is 1. The molecule has 0 rings (SSSR count). The summed E-state index contributed by atoms with van der Waals surface area (Å²) >= 11 is 0. The molecule has 0 atom stereocenters. The maximum Gasteiger partial charge on any atom is 0.480 e. The van der Waals surface area contributed by atoms with E-state index in [0.29, 0.717) is 12.2 Å². The molecule has 0 bridgehead atoms. The van der Waals surface area contributed by atoms with Crippen LogP contribution in [0.4, 0.5) is 26.3 Å². The number of carbonyl (C=O) groups excluding carboxylic acids is 1. The van der Waals surface area contributed by atoms with Crippen molar-refractivity contribution < 1.29 is 57.2 Å². The van der Waals surface area contributed by atoms with Gasteiger partial charge >= 0.3 is 17.0 Å². The van der Waals surface area contributed by atoms with Crippen molar-refractivity contribution in [2.75, 3.05) is 33.8 Å². The van der Waals surface area contributed by atoms with Crippen molar-refractivity contribution in [2.45, 2.75) is 76.2 Å². The summed E-state index contributed by atoms with van der Waals surface area (Å²) in [6.07, 6.45) is 9.97. The van der Waals surface area contributed by atoms with E-state index in [4.69, 9.17) is 4.74 Å². The first-order valence-corrected chi connectivity index (χ1v) is 14.0. The fraction of sp³-hybridized carbons (Fsp3) is 0.850. The van der Waals surface area contributed by atoms with Crippen LogP contribution in [0.5, 0.6) is 0 Å². The highest BCUT2D eigenvalue weighted by atomic mass is 32.3. The van der Waals surface area contributed by atoms with E-state index in [2.05, 4.69) is 27.6 Å². The van der Waals surface area contributed by atoms with Gasteiger partial charge in [-0.25, -0.2) is 21.6 Å². The molecule has 0 heterocycles. The standard InChI is InChI=1S/C18H36NO2.C2F6NO4S2/c1-6-7-8-11-14-19(4,5)15-12-9-10-13-16-21-18(20)17(2)3;3-1(4,5)14(10,11)9-15(12,13)2(6,7)8/h2,6-16H2,1,3-5H3;/q+1;-1. The van der Waals surface area contributed by atoms with E-state index < -0.39 is 31.1 Å². The van der Waals surface area contributed by atoms with Gasteiger partial charge in [0, 0.05) is 5.57 Å². The zero-order valence-electron chi connectivity index (χ0n) is 20.9. The summed E-state index contributed by atoms with van der Waals surface area (Å²) in [5, 5.41) is 0. The average Bonchev–Trinajstić information content (AvgIpc) is 2.68. The molecule has 0 amide bonds. The molecule has 0 spiro atoms. The van der Waals surface area contributed by atoms with Gasteiger partial charge in [0.25, 0.3) is 0 Å². The lowest BCUT2D eigenvalue weighted by molar-refractivity contribution is -0.890. The smallest absolute Gasteiger partial charge is 0.462 e. The van der Waals surface area contributed by atoms with E-state index in [9.17, 15) is 48.0 Å². The molecule has 216 valence electrons. The number of sulfonamides is 2. The Morgan fingerprint density at radius 3 is 1.56 bits per heavy atom. The van der Waals surface area contributed by atoms with Gasteiger partial charge in [-0.15, -0.1) is 0 Å². The molecule has 0 aliphatic rings. The minimum atomic E-state index is -6.72. The van der Waals surface area contributed by atoms with Crippen LogP contribution in [0.3, 0.4) is 0 Å². The number of nitrogens with zero attached hydrogens (tertiary/aromatic N) is 2. The topological polar surface area (TPSA) is 109 Å². The molecule has 0 fully saturated rings. The molecule has 0 aromatic heterocycles. The van der Waals surface area contributed by atoms with Gasteiger partial charge in [-0.05, 0) is 45.4 Å². The van der Waals surface area contributed by atoms with Crippen LogP contribution < -0.4 is 0 Å². The third kappa shape index (κ3) is 16.4. The Morgan fingerprint density at radius 1 is 0.806 bits per heavy atom. The average molecular weight is 579 g/mol. The van der Waals surface area contributed by atoms with Crippen LogP contribution in [0, 0.1) is 0 Å². The molecule has 0 saturated heterocycles. The maximum absolute atomic E-state index is 11.4. The van der Waals surface area contributed by atoms with Gasteiger partial charge < -0.3 is 13.3 Å². The predicted molar refractivity (Wildman–Crippen MR) is 124 cm³/mol. The van der Waals surface area contributed by atoms with Gasteiger partial charge in [0.05, 0.1) is 33.8 Å². The van der Waals surface area contributed by atoms with Crippen molar-refractivity contribution in [2.24, 2.45) is 0 Å². The van der Waals surface area contributed by atoms with Crippen molar-refractivity contribution in [1.29, 1.82) is 0 Å². The molecule has 0 aliphatic heterocycles. The van der Waals surface area contributed by atoms with E-state index in [0.717, 1.165) is 21.5 Å². The summed E-state index contributed by atoms with van der Waals surface area (Å²) in [4.78, 5) is 11.2. The molecule has 0 unspecified atom stereocenters. The van der Waals surface area contributed by atoms with Crippen LogP contribution in [0.25, 0.3) is 4.13 Å². The highest BCUT2D eigenvalue weighted by Gasteiger charge is 2.46. The number of halogens is 6. The van der Waals surface area contributed by atoms with Gasteiger partial charge in [-0.2, -0.15) is 26.3 Å². The van der Waals surface area contributed by atoms with Gasteiger partial charge in [0.2, 0.25) is 0 Å². The predicted octanol–water partition coefficient (Wildman–Crippen LogP) is 5.38.